The first-order chi connectivity index (χ1) is 17.3. The molecule has 2 aliphatic heterocycles. The number of ether oxygens (including phenoxy) is 2. The highest BCUT2D eigenvalue weighted by atomic mass is 16.5. The van der Waals surface area contributed by atoms with Crippen molar-refractivity contribution in [2.24, 2.45) is 11.8 Å². The molecular weight excluding hydrogens is 466 g/mol. The number of aliphatic carboxylic acids is 1. The molecule has 36 heavy (non-hydrogen) atoms. The number of hydrogen-bond donors (Lipinski definition) is 2. The summed E-state index contributed by atoms with van der Waals surface area (Å²) >= 11 is 0. The summed E-state index contributed by atoms with van der Waals surface area (Å²) in [5.74, 6) is -1.45. The molecule has 9 nitrogen and oxygen atoms in total. The Bertz CT molecular complexity index is 1440. The molecule has 5 rings (SSSR count). The molecule has 1 fully saturated rings. The number of fused-ring (bicyclic) bond motifs is 2. The normalized spacial score (nSPS) is 21.8. The summed E-state index contributed by atoms with van der Waals surface area (Å²) in [5.41, 5.74) is 1.14. The Morgan fingerprint density at radius 3 is 2.58 bits per heavy atom. The SMILES string of the molecule is C[C@@H](O)[C@H]1C(=O)N2C(C(=O)O)=C(COc3ccccc3COc3ccc4ccc(=O)oc4c3)[C@H](C)[C@H]12. The predicted molar refractivity (Wildman–Crippen MR) is 128 cm³/mol. The summed E-state index contributed by atoms with van der Waals surface area (Å²) in [7, 11) is 0. The van der Waals surface area contributed by atoms with E-state index in [0.717, 1.165) is 10.9 Å². The predicted octanol–water partition coefficient (Wildman–Crippen LogP) is 2.95. The lowest BCUT2D eigenvalue weighted by molar-refractivity contribution is -0.163. The lowest BCUT2D eigenvalue weighted by atomic mass is 9.78. The molecule has 9 heteroatoms. The van der Waals surface area contributed by atoms with Gasteiger partial charge in [0.05, 0.1) is 18.1 Å². The van der Waals surface area contributed by atoms with E-state index < -0.39 is 29.7 Å². The molecule has 2 N–H and O–H groups in total. The third kappa shape index (κ3) is 4.01. The van der Waals surface area contributed by atoms with Crippen molar-refractivity contribution in [1.29, 1.82) is 0 Å². The number of benzene rings is 2. The van der Waals surface area contributed by atoms with Crippen LogP contribution in [0, 0.1) is 11.8 Å². The molecule has 4 atom stereocenters. The quantitative estimate of drug-likeness (QED) is 0.364. The molecule has 1 aromatic heterocycles. The Balaban J connectivity index is 1.33. The zero-order chi connectivity index (χ0) is 25.6. The van der Waals surface area contributed by atoms with Gasteiger partial charge in [-0.2, -0.15) is 0 Å². The van der Waals surface area contributed by atoms with Crippen molar-refractivity contribution >= 4 is 22.8 Å². The van der Waals surface area contributed by atoms with Crippen LogP contribution in [0.4, 0.5) is 0 Å². The molecule has 1 amide bonds. The minimum Gasteiger partial charge on any atom is -0.489 e. The number of hydrogen-bond acceptors (Lipinski definition) is 7. The van der Waals surface area contributed by atoms with Crippen molar-refractivity contribution in [1.82, 2.24) is 4.90 Å². The van der Waals surface area contributed by atoms with Crippen molar-refractivity contribution in [3.8, 4) is 11.5 Å². The zero-order valence-corrected chi connectivity index (χ0v) is 19.7. The average Bonchev–Trinajstić information content (AvgIpc) is 3.09. The summed E-state index contributed by atoms with van der Waals surface area (Å²) in [4.78, 5) is 37.3. The second-order valence-electron chi connectivity index (χ2n) is 9.07. The van der Waals surface area contributed by atoms with E-state index in [1.54, 1.807) is 43.3 Å². The standard InChI is InChI=1S/C27H25NO8/c1-14-19(25(27(32)33)28-24(14)23(15(2)29)26(28)31)13-35-20-6-4-3-5-17(20)12-34-18-9-7-16-8-10-22(30)36-21(16)11-18/h3-11,14-15,23-24,29H,12-13H2,1-2H3,(H,32,33)/t14-,15+,23+,24+/m0/s1. The highest BCUT2D eigenvalue weighted by Gasteiger charge is 2.59. The minimum atomic E-state index is -1.19. The molecule has 3 aromatic rings. The van der Waals surface area contributed by atoms with Crippen LogP contribution in [0.5, 0.6) is 11.5 Å². The summed E-state index contributed by atoms with van der Waals surface area (Å²) in [6, 6.07) is 15.1. The number of aliphatic hydroxyl groups is 1. The number of rotatable bonds is 8. The van der Waals surface area contributed by atoms with Gasteiger partial charge in [-0.1, -0.05) is 25.1 Å². The van der Waals surface area contributed by atoms with E-state index in [0.29, 0.717) is 22.7 Å². The number of aliphatic hydroxyl groups excluding tert-OH is 1. The van der Waals surface area contributed by atoms with Gasteiger partial charge < -0.3 is 29.0 Å². The summed E-state index contributed by atoms with van der Waals surface area (Å²) in [5, 5.41) is 20.6. The van der Waals surface area contributed by atoms with Crippen LogP contribution in [0.1, 0.15) is 19.4 Å². The molecule has 186 valence electrons. The van der Waals surface area contributed by atoms with Crippen molar-refractivity contribution in [3.63, 3.8) is 0 Å². The van der Waals surface area contributed by atoms with Gasteiger partial charge in [-0.15, -0.1) is 0 Å². The topological polar surface area (TPSA) is 127 Å². The van der Waals surface area contributed by atoms with Crippen LogP contribution in [0.15, 0.2) is 75.1 Å². The van der Waals surface area contributed by atoms with Gasteiger partial charge in [0.2, 0.25) is 5.91 Å². The number of carbonyl (C=O) groups excluding carboxylic acids is 1. The second-order valence-corrected chi connectivity index (χ2v) is 9.07. The smallest absolute Gasteiger partial charge is 0.352 e. The molecule has 1 saturated heterocycles. The molecule has 0 radical (unpaired) electrons. The third-order valence-electron chi connectivity index (χ3n) is 6.86. The fourth-order valence-corrected chi connectivity index (χ4v) is 5.05. The Morgan fingerprint density at radius 1 is 1.08 bits per heavy atom. The minimum absolute atomic E-state index is 0.0201. The maximum absolute atomic E-state index is 12.5. The molecular formula is C27H25NO8. The Kier molecular flexibility index (Phi) is 6.01. The second kappa shape index (κ2) is 9.16. The fraction of sp³-hybridized carbons (Fsp3) is 0.296. The summed E-state index contributed by atoms with van der Waals surface area (Å²) < 4.78 is 17.2. The highest BCUT2D eigenvalue weighted by molar-refractivity contribution is 6.00. The molecule has 3 heterocycles. The van der Waals surface area contributed by atoms with E-state index in [4.69, 9.17) is 13.9 Å². The fourth-order valence-electron chi connectivity index (χ4n) is 5.05. The highest BCUT2D eigenvalue weighted by Crippen LogP contribution is 2.47. The monoisotopic (exact) mass is 491 g/mol. The van der Waals surface area contributed by atoms with E-state index in [2.05, 4.69) is 0 Å². The molecule has 0 aliphatic carbocycles. The van der Waals surface area contributed by atoms with Gasteiger partial charge in [-0.3, -0.25) is 4.79 Å². The number of para-hydroxylation sites is 1. The number of carbonyl (C=O) groups is 2. The van der Waals surface area contributed by atoms with Crippen molar-refractivity contribution in [3.05, 3.63) is 81.9 Å². The van der Waals surface area contributed by atoms with E-state index in [9.17, 15) is 24.6 Å². The van der Waals surface area contributed by atoms with Gasteiger partial charge in [-0.25, -0.2) is 9.59 Å². The number of amides is 1. The third-order valence-corrected chi connectivity index (χ3v) is 6.86. The van der Waals surface area contributed by atoms with Crippen LogP contribution in [0.25, 0.3) is 11.0 Å². The first-order valence-corrected chi connectivity index (χ1v) is 11.6. The van der Waals surface area contributed by atoms with Crippen LogP contribution >= 0.6 is 0 Å². The molecule has 0 unspecified atom stereocenters. The number of nitrogens with zero attached hydrogens (tertiary/aromatic N) is 1. The lowest BCUT2D eigenvalue weighted by Gasteiger charge is -2.46. The van der Waals surface area contributed by atoms with Crippen LogP contribution < -0.4 is 15.1 Å². The molecule has 0 spiro atoms. The van der Waals surface area contributed by atoms with Crippen molar-refractivity contribution < 1.29 is 33.7 Å². The van der Waals surface area contributed by atoms with Crippen molar-refractivity contribution in [2.75, 3.05) is 6.61 Å². The van der Waals surface area contributed by atoms with Crippen LogP contribution in [-0.4, -0.2) is 45.7 Å². The Labute approximate surface area is 206 Å². The van der Waals surface area contributed by atoms with Gasteiger partial charge in [0.15, 0.2) is 0 Å². The maximum Gasteiger partial charge on any atom is 0.352 e. The van der Waals surface area contributed by atoms with Gasteiger partial charge in [-0.05, 0) is 31.2 Å². The largest absolute Gasteiger partial charge is 0.489 e. The van der Waals surface area contributed by atoms with Gasteiger partial charge in [0, 0.05) is 34.6 Å². The number of β-lactam (4-membered cyclic amide) rings is 1. The molecule has 0 bridgehead atoms. The molecule has 2 aliphatic rings. The molecule has 0 saturated carbocycles. The van der Waals surface area contributed by atoms with Gasteiger partial charge in [0.1, 0.15) is 36.0 Å². The lowest BCUT2D eigenvalue weighted by Crippen LogP contribution is -2.63. The maximum atomic E-state index is 12.5. The zero-order valence-electron chi connectivity index (χ0n) is 19.7. The first-order valence-electron chi connectivity index (χ1n) is 11.6. The number of carboxylic acid groups (broad SMARTS) is 1. The van der Waals surface area contributed by atoms with Crippen LogP contribution in [0.2, 0.25) is 0 Å². The van der Waals surface area contributed by atoms with Gasteiger partial charge >= 0.3 is 11.6 Å². The van der Waals surface area contributed by atoms with Gasteiger partial charge in [0.25, 0.3) is 0 Å². The number of carboxylic acids is 1. The average molecular weight is 491 g/mol. The molecule has 2 aromatic carbocycles. The van der Waals surface area contributed by atoms with E-state index in [1.807, 2.05) is 19.1 Å². The van der Waals surface area contributed by atoms with Crippen molar-refractivity contribution in [2.45, 2.75) is 32.6 Å². The summed E-state index contributed by atoms with van der Waals surface area (Å²) in [6.07, 6.45) is -0.863. The first kappa shape index (κ1) is 23.6. The van der Waals surface area contributed by atoms with Crippen LogP contribution in [-0.2, 0) is 16.2 Å². The Hall–Kier alpha value is -4.11. The van der Waals surface area contributed by atoms with E-state index in [-0.39, 0.29) is 30.7 Å². The summed E-state index contributed by atoms with van der Waals surface area (Å²) in [6.45, 7) is 3.53. The van der Waals surface area contributed by atoms with E-state index in [1.165, 1.54) is 11.0 Å². The van der Waals surface area contributed by atoms with E-state index >= 15 is 0 Å². The Morgan fingerprint density at radius 2 is 1.83 bits per heavy atom. The van der Waals surface area contributed by atoms with Crippen LogP contribution in [0.3, 0.4) is 0 Å².